The Bertz CT molecular complexity index is 629. The molecule has 0 atom stereocenters. The number of carboxylic acid groups (broad SMARTS) is 1. The molecule has 6 heteroatoms. The molecule has 2 aromatic rings. The number of nitrogens with zero attached hydrogens (tertiary/aromatic N) is 1. The fourth-order valence-corrected chi connectivity index (χ4v) is 2.07. The number of pyridine rings is 1. The molecule has 1 N–H and O–H groups in total. The lowest BCUT2D eigenvalue weighted by Gasteiger charge is -2.07. The van der Waals surface area contributed by atoms with Gasteiger partial charge in [-0.05, 0) is 12.1 Å². The van der Waals surface area contributed by atoms with Crippen molar-refractivity contribution in [2.75, 3.05) is 0 Å². The number of carbonyl (C=O) groups is 1. The van der Waals surface area contributed by atoms with Gasteiger partial charge in [-0.2, -0.15) is 0 Å². The van der Waals surface area contributed by atoms with Gasteiger partial charge in [0.2, 0.25) is 0 Å². The number of aromatic carboxylic acids is 1. The summed E-state index contributed by atoms with van der Waals surface area (Å²) in [5, 5.41) is 9.65. The molecule has 0 bridgehead atoms. The Morgan fingerprint density at radius 1 is 1.22 bits per heavy atom. The maximum absolute atomic E-state index is 11.0. The highest BCUT2D eigenvalue weighted by Crippen LogP contribution is 2.34. The fraction of sp³-hybridized carbons (Fsp3) is 0. The Kier molecular flexibility index (Phi) is 3.76. The second kappa shape index (κ2) is 5.14. The monoisotopic (exact) mass is 301 g/mol. The second-order valence-corrected chi connectivity index (χ2v) is 4.61. The van der Waals surface area contributed by atoms with Crippen LogP contribution in [0.2, 0.25) is 15.2 Å². The van der Waals surface area contributed by atoms with Gasteiger partial charge in [0.15, 0.2) is 0 Å². The zero-order valence-electron chi connectivity index (χ0n) is 8.82. The molecule has 18 heavy (non-hydrogen) atoms. The predicted molar refractivity (Wildman–Crippen MR) is 71.7 cm³/mol. The minimum Gasteiger partial charge on any atom is -0.478 e. The third kappa shape index (κ3) is 2.43. The minimum absolute atomic E-state index is 0.0654. The van der Waals surface area contributed by atoms with E-state index < -0.39 is 5.97 Å². The third-order valence-electron chi connectivity index (χ3n) is 2.33. The molecule has 0 radical (unpaired) electrons. The average molecular weight is 303 g/mol. The Labute approximate surface area is 118 Å². The van der Waals surface area contributed by atoms with Crippen molar-refractivity contribution in [2.24, 2.45) is 0 Å². The lowest BCUT2D eigenvalue weighted by molar-refractivity contribution is 0.0696. The van der Waals surface area contributed by atoms with Gasteiger partial charge in [-0.3, -0.25) is 0 Å². The maximum Gasteiger partial charge on any atom is 0.338 e. The molecule has 3 nitrogen and oxygen atoms in total. The summed E-state index contributed by atoms with van der Waals surface area (Å²) in [6.45, 7) is 0. The van der Waals surface area contributed by atoms with Crippen LogP contribution in [0.5, 0.6) is 0 Å². The van der Waals surface area contributed by atoms with E-state index in [-0.39, 0.29) is 10.7 Å². The van der Waals surface area contributed by atoms with E-state index in [1.807, 2.05) is 0 Å². The van der Waals surface area contributed by atoms with E-state index in [0.29, 0.717) is 21.2 Å². The van der Waals surface area contributed by atoms with E-state index in [9.17, 15) is 4.79 Å². The number of hydrogen-bond donors (Lipinski definition) is 1. The number of benzene rings is 1. The zero-order chi connectivity index (χ0) is 13.3. The summed E-state index contributed by atoms with van der Waals surface area (Å²) in [6, 6.07) is 6.51. The van der Waals surface area contributed by atoms with Crippen molar-refractivity contribution < 1.29 is 9.90 Å². The van der Waals surface area contributed by atoms with E-state index in [2.05, 4.69) is 4.98 Å². The SMILES string of the molecule is O=C(O)c1cc(-c2cccc(Cl)c2Cl)cnc1Cl. The van der Waals surface area contributed by atoms with Gasteiger partial charge in [0.1, 0.15) is 5.15 Å². The molecular formula is C12H6Cl3NO2. The summed E-state index contributed by atoms with van der Waals surface area (Å²) in [5.41, 5.74) is 1.07. The van der Waals surface area contributed by atoms with Crippen molar-refractivity contribution >= 4 is 40.8 Å². The highest BCUT2D eigenvalue weighted by molar-refractivity contribution is 6.43. The molecular weight excluding hydrogens is 296 g/mol. The van der Waals surface area contributed by atoms with Gasteiger partial charge in [0.25, 0.3) is 0 Å². The van der Waals surface area contributed by atoms with Gasteiger partial charge in [-0.25, -0.2) is 9.78 Å². The van der Waals surface area contributed by atoms with Crippen LogP contribution in [0.15, 0.2) is 30.5 Å². The lowest BCUT2D eigenvalue weighted by atomic mass is 10.1. The largest absolute Gasteiger partial charge is 0.478 e. The molecule has 0 fully saturated rings. The normalized spacial score (nSPS) is 10.4. The molecule has 1 aromatic heterocycles. The van der Waals surface area contributed by atoms with Crippen LogP contribution < -0.4 is 0 Å². The number of rotatable bonds is 2. The van der Waals surface area contributed by atoms with Crippen LogP contribution in [0.1, 0.15) is 10.4 Å². The van der Waals surface area contributed by atoms with Crippen LogP contribution in [0.4, 0.5) is 0 Å². The first-order chi connectivity index (χ1) is 8.50. The first kappa shape index (κ1) is 13.1. The molecule has 1 heterocycles. The Hall–Kier alpha value is -1.29. The average Bonchev–Trinajstić information content (AvgIpc) is 2.33. The van der Waals surface area contributed by atoms with Crippen molar-refractivity contribution in [3.63, 3.8) is 0 Å². The van der Waals surface area contributed by atoms with Crippen LogP contribution in [-0.4, -0.2) is 16.1 Å². The summed E-state index contributed by atoms with van der Waals surface area (Å²) < 4.78 is 0. The molecule has 0 spiro atoms. The second-order valence-electron chi connectivity index (χ2n) is 3.47. The molecule has 0 aliphatic carbocycles. The van der Waals surface area contributed by atoms with Gasteiger partial charge in [-0.15, -0.1) is 0 Å². The predicted octanol–water partition coefficient (Wildman–Crippen LogP) is 4.41. The number of halogens is 3. The highest BCUT2D eigenvalue weighted by Gasteiger charge is 2.13. The van der Waals surface area contributed by atoms with Crippen LogP contribution in [-0.2, 0) is 0 Å². The standard InChI is InChI=1S/C12H6Cl3NO2/c13-9-3-1-2-7(10(9)14)6-4-8(12(17)18)11(15)16-5-6/h1-5H,(H,17,18). The molecule has 2 rings (SSSR count). The van der Waals surface area contributed by atoms with Crippen LogP contribution >= 0.6 is 34.8 Å². The van der Waals surface area contributed by atoms with Gasteiger partial charge in [0.05, 0.1) is 15.6 Å². The summed E-state index contributed by atoms with van der Waals surface area (Å²) in [4.78, 5) is 14.8. The minimum atomic E-state index is -1.15. The van der Waals surface area contributed by atoms with E-state index in [1.165, 1.54) is 12.3 Å². The highest BCUT2D eigenvalue weighted by atomic mass is 35.5. The van der Waals surface area contributed by atoms with Crippen LogP contribution in [0, 0.1) is 0 Å². The third-order valence-corrected chi connectivity index (χ3v) is 3.45. The molecule has 0 saturated carbocycles. The van der Waals surface area contributed by atoms with Crippen molar-refractivity contribution in [2.45, 2.75) is 0 Å². The molecule has 1 aromatic carbocycles. The number of carboxylic acids is 1. The number of hydrogen-bond acceptors (Lipinski definition) is 2. The lowest BCUT2D eigenvalue weighted by Crippen LogP contribution is -1.99. The van der Waals surface area contributed by atoms with Gasteiger partial charge >= 0.3 is 5.97 Å². The summed E-state index contributed by atoms with van der Waals surface area (Å²) >= 11 is 17.7. The Balaban J connectivity index is 2.62. The van der Waals surface area contributed by atoms with E-state index in [4.69, 9.17) is 39.9 Å². The topological polar surface area (TPSA) is 50.2 Å². The van der Waals surface area contributed by atoms with Gasteiger partial charge in [-0.1, -0.05) is 46.9 Å². The Morgan fingerprint density at radius 2 is 1.94 bits per heavy atom. The smallest absolute Gasteiger partial charge is 0.338 e. The first-order valence-corrected chi connectivity index (χ1v) is 5.97. The molecule has 0 aliphatic rings. The molecule has 0 saturated heterocycles. The molecule has 92 valence electrons. The van der Waals surface area contributed by atoms with Gasteiger partial charge in [0, 0.05) is 17.3 Å². The first-order valence-electron chi connectivity index (χ1n) is 4.84. The van der Waals surface area contributed by atoms with E-state index >= 15 is 0 Å². The molecule has 0 aliphatic heterocycles. The van der Waals surface area contributed by atoms with Crippen molar-refractivity contribution in [1.82, 2.24) is 4.98 Å². The van der Waals surface area contributed by atoms with Crippen molar-refractivity contribution in [3.05, 3.63) is 51.2 Å². The summed E-state index contributed by atoms with van der Waals surface area (Å²) in [5.74, 6) is -1.15. The quantitative estimate of drug-likeness (QED) is 0.836. The molecule has 0 amide bonds. The summed E-state index contributed by atoms with van der Waals surface area (Å²) in [6.07, 6.45) is 1.45. The maximum atomic E-state index is 11.0. The van der Waals surface area contributed by atoms with Crippen LogP contribution in [0.3, 0.4) is 0 Å². The zero-order valence-corrected chi connectivity index (χ0v) is 11.1. The van der Waals surface area contributed by atoms with Gasteiger partial charge < -0.3 is 5.11 Å². The van der Waals surface area contributed by atoms with E-state index in [1.54, 1.807) is 18.2 Å². The van der Waals surface area contributed by atoms with E-state index in [0.717, 1.165) is 0 Å². The van der Waals surface area contributed by atoms with Crippen molar-refractivity contribution in [3.8, 4) is 11.1 Å². The Morgan fingerprint density at radius 3 is 2.61 bits per heavy atom. The molecule has 0 unspecified atom stereocenters. The number of aromatic nitrogens is 1. The fourth-order valence-electron chi connectivity index (χ4n) is 1.47. The van der Waals surface area contributed by atoms with Crippen LogP contribution in [0.25, 0.3) is 11.1 Å². The van der Waals surface area contributed by atoms with Crippen molar-refractivity contribution in [1.29, 1.82) is 0 Å². The summed E-state index contributed by atoms with van der Waals surface area (Å²) in [7, 11) is 0.